The summed E-state index contributed by atoms with van der Waals surface area (Å²) >= 11 is 0. The number of piperazine rings is 1. The van der Waals surface area contributed by atoms with Gasteiger partial charge in [0, 0.05) is 19.1 Å². The summed E-state index contributed by atoms with van der Waals surface area (Å²) in [6, 6.07) is 0.596. The SMILES string of the molecule is Cl.O=C1CNCCN1[C@H]1C[C@H]2C[C@H]2C1. The number of nitrogens with zero attached hydrogens (tertiary/aromatic N) is 1. The Morgan fingerprint density at radius 1 is 1.21 bits per heavy atom. The highest BCUT2D eigenvalue weighted by molar-refractivity contribution is 5.85. The maximum absolute atomic E-state index is 11.6. The average Bonchev–Trinajstić information content (AvgIpc) is 2.75. The van der Waals surface area contributed by atoms with Crippen LogP contribution in [0.2, 0.25) is 0 Å². The zero-order chi connectivity index (χ0) is 8.84. The van der Waals surface area contributed by atoms with Crippen molar-refractivity contribution in [2.75, 3.05) is 19.6 Å². The van der Waals surface area contributed by atoms with E-state index >= 15 is 0 Å². The lowest BCUT2D eigenvalue weighted by Crippen LogP contribution is -2.52. The number of rotatable bonds is 1. The molecule has 0 radical (unpaired) electrons. The van der Waals surface area contributed by atoms with E-state index in [2.05, 4.69) is 10.2 Å². The largest absolute Gasteiger partial charge is 0.337 e. The Morgan fingerprint density at radius 3 is 2.57 bits per heavy atom. The molecular weight excluding hydrogens is 200 g/mol. The van der Waals surface area contributed by atoms with Crippen molar-refractivity contribution < 1.29 is 4.79 Å². The van der Waals surface area contributed by atoms with E-state index < -0.39 is 0 Å². The summed E-state index contributed by atoms with van der Waals surface area (Å²) in [5.74, 6) is 2.28. The topological polar surface area (TPSA) is 32.3 Å². The van der Waals surface area contributed by atoms with Gasteiger partial charge in [0.1, 0.15) is 0 Å². The van der Waals surface area contributed by atoms with Crippen LogP contribution in [-0.2, 0) is 4.79 Å². The van der Waals surface area contributed by atoms with Gasteiger partial charge in [-0.1, -0.05) is 0 Å². The molecule has 0 aromatic heterocycles. The molecule has 3 fully saturated rings. The Hall–Kier alpha value is -0.280. The summed E-state index contributed by atoms with van der Waals surface area (Å²) in [6.45, 7) is 2.48. The molecule has 80 valence electrons. The van der Waals surface area contributed by atoms with Crippen molar-refractivity contribution in [1.82, 2.24) is 10.2 Å². The Balaban J connectivity index is 0.000000750. The Kier molecular flexibility index (Phi) is 2.71. The lowest BCUT2D eigenvalue weighted by Gasteiger charge is -2.33. The first-order chi connectivity index (χ1) is 6.34. The highest BCUT2D eigenvalue weighted by Crippen LogP contribution is 2.53. The highest BCUT2D eigenvalue weighted by Gasteiger charge is 2.48. The normalized spacial score (nSPS) is 40.4. The van der Waals surface area contributed by atoms with E-state index in [4.69, 9.17) is 0 Å². The molecule has 1 amide bonds. The third-order valence-corrected chi connectivity index (χ3v) is 3.79. The van der Waals surface area contributed by atoms with Crippen LogP contribution in [-0.4, -0.2) is 36.5 Å². The molecule has 2 saturated carbocycles. The first-order valence-electron chi connectivity index (χ1n) is 5.35. The van der Waals surface area contributed by atoms with Crippen LogP contribution in [0.15, 0.2) is 0 Å². The number of fused-ring (bicyclic) bond motifs is 1. The fourth-order valence-corrected chi connectivity index (χ4v) is 2.94. The van der Waals surface area contributed by atoms with Crippen molar-refractivity contribution in [2.24, 2.45) is 11.8 Å². The van der Waals surface area contributed by atoms with Crippen molar-refractivity contribution in [3.05, 3.63) is 0 Å². The molecule has 3 aliphatic rings. The summed E-state index contributed by atoms with van der Waals surface area (Å²) in [4.78, 5) is 13.7. The van der Waals surface area contributed by atoms with Gasteiger partial charge in [-0.05, 0) is 31.1 Å². The van der Waals surface area contributed by atoms with Crippen LogP contribution in [0.3, 0.4) is 0 Å². The van der Waals surface area contributed by atoms with Crippen LogP contribution in [0.4, 0.5) is 0 Å². The number of halogens is 1. The second-order valence-electron chi connectivity index (χ2n) is 4.64. The number of amides is 1. The van der Waals surface area contributed by atoms with Crippen LogP contribution in [0, 0.1) is 11.8 Å². The van der Waals surface area contributed by atoms with E-state index in [-0.39, 0.29) is 12.4 Å². The lowest BCUT2D eigenvalue weighted by molar-refractivity contribution is -0.134. The Bertz CT molecular complexity index is 236. The molecule has 3 nitrogen and oxygen atoms in total. The maximum atomic E-state index is 11.6. The fraction of sp³-hybridized carbons (Fsp3) is 0.900. The van der Waals surface area contributed by atoms with Crippen LogP contribution in [0.5, 0.6) is 0 Å². The molecule has 3 rings (SSSR count). The third kappa shape index (κ3) is 1.63. The molecule has 14 heavy (non-hydrogen) atoms. The maximum Gasteiger partial charge on any atom is 0.236 e. The number of hydrogen-bond acceptors (Lipinski definition) is 2. The van der Waals surface area contributed by atoms with Gasteiger partial charge in [0.2, 0.25) is 5.91 Å². The van der Waals surface area contributed by atoms with Crippen molar-refractivity contribution >= 4 is 18.3 Å². The van der Waals surface area contributed by atoms with Gasteiger partial charge in [0.15, 0.2) is 0 Å². The summed E-state index contributed by atoms with van der Waals surface area (Å²) in [6.07, 6.45) is 4.02. The van der Waals surface area contributed by atoms with Gasteiger partial charge in [0.05, 0.1) is 6.54 Å². The first-order valence-corrected chi connectivity index (χ1v) is 5.35. The average molecular weight is 217 g/mol. The van der Waals surface area contributed by atoms with E-state index in [1.54, 1.807) is 0 Å². The minimum atomic E-state index is 0. The lowest BCUT2D eigenvalue weighted by atomic mass is 10.1. The Morgan fingerprint density at radius 2 is 1.93 bits per heavy atom. The molecule has 1 saturated heterocycles. The number of hydrogen-bond donors (Lipinski definition) is 1. The number of carbonyl (C=O) groups excluding carboxylic acids is 1. The predicted octanol–water partition coefficient (Wildman–Crippen LogP) is 0.638. The van der Waals surface area contributed by atoms with Crippen molar-refractivity contribution in [3.63, 3.8) is 0 Å². The van der Waals surface area contributed by atoms with E-state index in [1.165, 1.54) is 19.3 Å². The van der Waals surface area contributed by atoms with Crippen molar-refractivity contribution in [3.8, 4) is 0 Å². The van der Waals surface area contributed by atoms with Crippen LogP contribution >= 0.6 is 12.4 Å². The van der Waals surface area contributed by atoms with Crippen molar-refractivity contribution in [1.29, 1.82) is 0 Å². The first kappa shape index (κ1) is 10.2. The van der Waals surface area contributed by atoms with Crippen molar-refractivity contribution in [2.45, 2.75) is 25.3 Å². The minimum absolute atomic E-state index is 0. The minimum Gasteiger partial charge on any atom is -0.337 e. The van der Waals surface area contributed by atoms with Crippen LogP contribution < -0.4 is 5.32 Å². The van der Waals surface area contributed by atoms with Gasteiger partial charge in [-0.3, -0.25) is 4.79 Å². The summed E-state index contributed by atoms with van der Waals surface area (Å²) in [7, 11) is 0. The van der Waals surface area contributed by atoms with Gasteiger partial charge < -0.3 is 10.2 Å². The molecule has 1 aliphatic heterocycles. The van der Waals surface area contributed by atoms with Gasteiger partial charge in [-0.2, -0.15) is 0 Å². The number of nitrogens with one attached hydrogen (secondary N) is 1. The monoisotopic (exact) mass is 216 g/mol. The molecule has 2 aliphatic carbocycles. The molecular formula is C10H17ClN2O. The number of carbonyl (C=O) groups is 1. The standard InChI is InChI=1S/C10H16N2O.ClH/c13-10-6-11-1-2-12(10)9-4-7-3-8(7)5-9;/h7-9,11H,1-6H2;1H/t7-,8+,9+;. The molecule has 0 bridgehead atoms. The summed E-state index contributed by atoms with van der Waals surface area (Å²) in [5, 5.41) is 3.12. The van der Waals surface area contributed by atoms with Gasteiger partial charge in [-0.25, -0.2) is 0 Å². The quantitative estimate of drug-likeness (QED) is 0.698. The van der Waals surface area contributed by atoms with E-state index in [9.17, 15) is 4.79 Å². The van der Waals surface area contributed by atoms with E-state index in [0.29, 0.717) is 18.5 Å². The second-order valence-corrected chi connectivity index (χ2v) is 4.64. The summed E-state index contributed by atoms with van der Waals surface area (Å²) < 4.78 is 0. The van der Waals surface area contributed by atoms with Crippen LogP contribution in [0.25, 0.3) is 0 Å². The molecule has 0 spiro atoms. The zero-order valence-electron chi connectivity index (χ0n) is 8.24. The van der Waals surface area contributed by atoms with Gasteiger partial charge in [-0.15, -0.1) is 12.4 Å². The molecule has 0 unspecified atom stereocenters. The van der Waals surface area contributed by atoms with E-state index in [1.807, 2.05) is 0 Å². The molecule has 0 aromatic carbocycles. The molecule has 3 atom stereocenters. The summed E-state index contributed by atoms with van der Waals surface area (Å²) in [5.41, 5.74) is 0. The fourth-order valence-electron chi connectivity index (χ4n) is 2.94. The van der Waals surface area contributed by atoms with E-state index in [0.717, 1.165) is 24.9 Å². The molecule has 4 heteroatoms. The second kappa shape index (κ2) is 3.70. The predicted molar refractivity (Wildman–Crippen MR) is 56.4 cm³/mol. The van der Waals surface area contributed by atoms with Crippen LogP contribution in [0.1, 0.15) is 19.3 Å². The smallest absolute Gasteiger partial charge is 0.236 e. The van der Waals surface area contributed by atoms with Gasteiger partial charge in [0.25, 0.3) is 0 Å². The molecule has 1 N–H and O–H groups in total. The third-order valence-electron chi connectivity index (χ3n) is 3.79. The highest BCUT2D eigenvalue weighted by atomic mass is 35.5. The molecule has 1 heterocycles. The zero-order valence-corrected chi connectivity index (χ0v) is 9.05. The van der Waals surface area contributed by atoms with Gasteiger partial charge >= 0.3 is 0 Å². The molecule has 0 aromatic rings. The Labute approximate surface area is 90.6 Å².